The van der Waals surface area contributed by atoms with Crippen LogP contribution in [0.25, 0.3) is 0 Å². The van der Waals surface area contributed by atoms with Gasteiger partial charge in [-0.3, -0.25) is 4.90 Å². The van der Waals surface area contributed by atoms with Crippen molar-refractivity contribution in [2.45, 2.75) is 25.8 Å². The second kappa shape index (κ2) is 4.79. The Balaban J connectivity index is 2.21. The van der Waals surface area contributed by atoms with Crippen molar-refractivity contribution in [2.75, 3.05) is 44.7 Å². The second-order valence-corrected chi connectivity index (χ2v) is 7.05. The third-order valence-electron chi connectivity index (χ3n) is 4.53. The number of hydrogen-bond donors (Lipinski definition) is 0. The molecule has 0 aromatic carbocycles. The Labute approximate surface area is 109 Å². The Morgan fingerprint density at radius 2 is 1.82 bits per heavy atom. The molecular weight excluding hydrogens is 230 g/mol. The van der Waals surface area contributed by atoms with Gasteiger partial charge in [0, 0.05) is 31.9 Å². The van der Waals surface area contributed by atoms with Crippen molar-refractivity contribution in [3.8, 4) is 6.07 Å². The molecule has 0 radical (unpaired) electrons. The van der Waals surface area contributed by atoms with Crippen LogP contribution < -0.4 is 0 Å². The largest absolute Gasteiger partial charge is 0.304 e. The van der Waals surface area contributed by atoms with Crippen LogP contribution in [0.5, 0.6) is 0 Å². The third-order valence-corrected chi connectivity index (χ3v) is 5.64. The summed E-state index contributed by atoms with van der Waals surface area (Å²) in [6, 6.07) is 2.68. The van der Waals surface area contributed by atoms with Gasteiger partial charge in [0.1, 0.15) is 5.54 Å². The summed E-state index contributed by atoms with van der Waals surface area (Å²) in [6.07, 6.45) is 1.15. The zero-order valence-corrected chi connectivity index (χ0v) is 12.0. The minimum Gasteiger partial charge on any atom is -0.304 e. The van der Waals surface area contributed by atoms with Gasteiger partial charge in [-0.1, -0.05) is 13.8 Å². The van der Waals surface area contributed by atoms with E-state index in [4.69, 9.17) is 0 Å². The van der Waals surface area contributed by atoms with E-state index in [-0.39, 0.29) is 11.0 Å². The van der Waals surface area contributed by atoms with Crippen LogP contribution in [0.4, 0.5) is 0 Å². The molecule has 0 bridgehead atoms. The van der Waals surface area contributed by atoms with Crippen molar-refractivity contribution >= 4 is 11.8 Å². The van der Waals surface area contributed by atoms with Crippen LogP contribution in [-0.4, -0.2) is 60.1 Å². The second-order valence-electron chi connectivity index (χ2n) is 5.95. The summed E-state index contributed by atoms with van der Waals surface area (Å²) in [4.78, 5) is 4.80. The van der Waals surface area contributed by atoms with E-state index in [0.29, 0.717) is 0 Å². The predicted molar refractivity (Wildman–Crippen MR) is 73.1 cm³/mol. The standard InChI is InChI=1S/C13H23N3S/c1-12(2)4-9-17-11-13(12,10-14)16-7-5-15(3)6-8-16/h4-9,11H2,1-3H3. The molecule has 17 heavy (non-hydrogen) atoms. The highest BCUT2D eigenvalue weighted by atomic mass is 32.2. The van der Waals surface area contributed by atoms with E-state index in [0.717, 1.165) is 38.4 Å². The highest BCUT2D eigenvalue weighted by Gasteiger charge is 2.51. The van der Waals surface area contributed by atoms with Gasteiger partial charge in [0.25, 0.3) is 0 Å². The van der Waals surface area contributed by atoms with E-state index in [1.807, 2.05) is 11.8 Å². The van der Waals surface area contributed by atoms with E-state index in [2.05, 4.69) is 36.8 Å². The minimum atomic E-state index is -0.253. The molecule has 0 amide bonds. The maximum Gasteiger partial charge on any atom is 0.123 e. The lowest BCUT2D eigenvalue weighted by atomic mass is 9.70. The molecule has 2 aliphatic heterocycles. The summed E-state index contributed by atoms with van der Waals surface area (Å²) in [6.45, 7) is 8.79. The van der Waals surface area contributed by atoms with Crippen LogP contribution in [0, 0.1) is 16.7 Å². The SMILES string of the molecule is CN1CCN(C2(C#N)CSCCC2(C)C)CC1. The summed E-state index contributed by atoms with van der Waals surface area (Å²) >= 11 is 1.95. The highest BCUT2D eigenvalue weighted by Crippen LogP contribution is 2.45. The molecule has 2 aliphatic rings. The van der Waals surface area contributed by atoms with Gasteiger partial charge >= 0.3 is 0 Å². The molecule has 2 fully saturated rings. The van der Waals surface area contributed by atoms with E-state index >= 15 is 0 Å². The van der Waals surface area contributed by atoms with Crippen molar-refractivity contribution in [3.05, 3.63) is 0 Å². The van der Waals surface area contributed by atoms with Gasteiger partial charge in [0.15, 0.2) is 0 Å². The minimum absolute atomic E-state index is 0.114. The maximum absolute atomic E-state index is 9.78. The Hall–Kier alpha value is -0.240. The Morgan fingerprint density at radius 1 is 1.18 bits per heavy atom. The quantitative estimate of drug-likeness (QED) is 0.711. The fourth-order valence-corrected chi connectivity index (χ4v) is 4.64. The molecule has 0 N–H and O–H groups in total. The van der Waals surface area contributed by atoms with Crippen LogP contribution >= 0.6 is 11.8 Å². The summed E-state index contributed by atoms with van der Waals surface area (Å²) in [5.41, 5.74) is -0.139. The molecule has 1 unspecified atom stereocenters. The van der Waals surface area contributed by atoms with Crippen LogP contribution in [0.15, 0.2) is 0 Å². The first-order valence-electron chi connectivity index (χ1n) is 6.44. The monoisotopic (exact) mass is 253 g/mol. The number of likely N-dealkylation sites (N-methyl/N-ethyl adjacent to an activating group) is 1. The van der Waals surface area contributed by atoms with Crippen LogP contribution in [0.2, 0.25) is 0 Å². The topological polar surface area (TPSA) is 30.3 Å². The molecular formula is C13H23N3S. The molecule has 0 aromatic heterocycles. The Kier molecular flexibility index (Phi) is 3.72. The fraction of sp³-hybridized carbons (Fsp3) is 0.923. The van der Waals surface area contributed by atoms with E-state index in [9.17, 15) is 5.26 Å². The zero-order chi connectivity index (χ0) is 12.5. The van der Waals surface area contributed by atoms with Gasteiger partial charge in [-0.05, 0) is 24.6 Å². The van der Waals surface area contributed by atoms with Gasteiger partial charge in [-0.25, -0.2) is 0 Å². The molecule has 2 rings (SSSR count). The summed E-state index contributed by atoms with van der Waals surface area (Å²) < 4.78 is 0. The first-order valence-corrected chi connectivity index (χ1v) is 7.60. The van der Waals surface area contributed by atoms with Crippen LogP contribution in [0.3, 0.4) is 0 Å². The van der Waals surface area contributed by atoms with Crippen molar-refractivity contribution in [2.24, 2.45) is 5.41 Å². The van der Waals surface area contributed by atoms with Gasteiger partial charge < -0.3 is 4.90 Å². The molecule has 0 aliphatic carbocycles. The average Bonchev–Trinajstić information content (AvgIpc) is 2.30. The summed E-state index contributed by atoms with van der Waals surface area (Å²) in [5.74, 6) is 2.17. The number of nitrogens with zero attached hydrogens (tertiary/aromatic N) is 3. The smallest absolute Gasteiger partial charge is 0.123 e. The zero-order valence-electron chi connectivity index (χ0n) is 11.2. The third kappa shape index (κ3) is 2.21. The molecule has 4 heteroatoms. The van der Waals surface area contributed by atoms with Crippen molar-refractivity contribution in [3.63, 3.8) is 0 Å². The van der Waals surface area contributed by atoms with Gasteiger partial charge in [0.2, 0.25) is 0 Å². The van der Waals surface area contributed by atoms with Crippen molar-refractivity contribution < 1.29 is 0 Å². The Bertz CT molecular complexity index is 315. The van der Waals surface area contributed by atoms with Gasteiger partial charge in [0.05, 0.1) is 6.07 Å². The van der Waals surface area contributed by atoms with E-state index in [1.165, 1.54) is 5.75 Å². The van der Waals surface area contributed by atoms with Crippen molar-refractivity contribution in [1.82, 2.24) is 9.80 Å². The highest BCUT2D eigenvalue weighted by molar-refractivity contribution is 7.99. The average molecular weight is 253 g/mol. The normalized spacial score (nSPS) is 35.4. The van der Waals surface area contributed by atoms with E-state index < -0.39 is 0 Å². The first kappa shape index (κ1) is 13.2. The predicted octanol–water partition coefficient (Wildman–Crippen LogP) is 1.66. The van der Waals surface area contributed by atoms with Crippen LogP contribution in [0.1, 0.15) is 20.3 Å². The number of nitriles is 1. The summed E-state index contributed by atoms with van der Waals surface area (Å²) in [7, 11) is 2.16. The number of rotatable bonds is 1. The fourth-order valence-electron chi connectivity index (χ4n) is 2.91. The number of hydrogen-bond acceptors (Lipinski definition) is 4. The molecule has 2 saturated heterocycles. The van der Waals surface area contributed by atoms with Crippen LogP contribution in [-0.2, 0) is 0 Å². The maximum atomic E-state index is 9.78. The lowest BCUT2D eigenvalue weighted by Gasteiger charge is -2.53. The molecule has 0 spiro atoms. The number of thioether (sulfide) groups is 1. The van der Waals surface area contributed by atoms with Crippen molar-refractivity contribution in [1.29, 1.82) is 5.26 Å². The van der Waals surface area contributed by atoms with Gasteiger partial charge in [-0.2, -0.15) is 17.0 Å². The first-order chi connectivity index (χ1) is 8.02. The molecule has 3 nitrogen and oxygen atoms in total. The molecule has 2 heterocycles. The number of piperazine rings is 1. The Morgan fingerprint density at radius 3 is 2.35 bits per heavy atom. The lowest BCUT2D eigenvalue weighted by molar-refractivity contribution is 0.00820. The molecule has 96 valence electrons. The molecule has 0 aromatic rings. The van der Waals surface area contributed by atoms with Gasteiger partial charge in [-0.15, -0.1) is 0 Å². The lowest BCUT2D eigenvalue weighted by Crippen LogP contribution is -2.64. The molecule has 1 atom stereocenters. The van der Waals surface area contributed by atoms with E-state index in [1.54, 1.807) is 0 Å². The summed E-state index contributed by atoms with van der Waals surface area (Å²) in [5, 5.41) is 9.78. The molecule has 0 saturated carbocycles.